The molecule has 2 nitrogen and oxygen atoms in total. The monoisotopic (exact) mass is 349 g/mol. The summed E-state index contributed by atoms with van der Waals surface area (Å²) in [6.07, 6.45) is 0.791. The number of hydrogen-bond donors (Lipinski definition) is 1. The third-order valence-corrected chi connectivity index (χ3v) is 3.49. The van der Waals surface area contributed by atoms with Gasteiger partial charge in [-0.1, -0.05) is 20.8 Å². The SMILES string of the molecule is CC(C)(C)CC(Cl)CNC(=O)c1cc(F)ccc1Br. The predicted molar refractivity (Wildman–Crippen MR) is 80.1 cm³/mol. The molecule has 1 aromatic carbocycles. The number of nitrogens with one attached hydrogen (secondary N) is 1. The van der Waals surface area contributed by atoms with Gasteiger partial charge in [-0.25, -0.2) is 4.39 Å². The van der Waals surface area contributed by atoms with Gasteiger partial charge >= 0.3 is 0 Å². The third kappa shape index (κ3) is 5.91. The van der Waals surface area contributed by atoms with Crippen molar-refractivity contribution in [2.45, 2.75) is 32.6 Å². The molecule has 1 aromatic rings. The molecule has 5 heteroatoms. The molecule has 0 aliphatic heterocycles. The molecule has 1 amide bonds. The number of alkyl halides is 1. The molecular formula is C14H18BrClFNO. The largest absolute Gasteiger partial charge is 0.351 e. The fourth-order valence-electron chi connectivity index (χ4n) is 1.71. The number of carbonyl (C=O) groups excluding carboxylic acids is 1. The van der Waals surface area contributed by atoms with Crippen molar-refractivity contribution in [3.05, 3.63) is 34.1 Å². The minimum atomic E-state index is -0.439. The Morgan fingerprint density at radius 3 is 2.68 bits per heavy atom. The van der Waals surface area contributed by atoms with Gasteiger partial charge in [0.2, 0.25) is 0 Å². The van der Waals surface area contributed by atoms with Gasteiger partial charge in [0, 0.05) is 11.0 Å². The molecule has 0 aliphatic carbocycles. The van der Waals surface area contributed by atoms with E-state index >= 15 is 0 Å². The zero-order valence-corrected chi connectivity index (χ0v) is 13.6. The number of hydrogen-bond acceptors (Lipinski definition) is 1. The number of halogens is 3. The number of benzene rings is 1. The lowest BCUT2D eigenvalue weighted by atomic mass is 9.90. The number of amides is 1. The van der Waals surface area contributed by atoms with Gasteiger partial charge in [-0.3, -0.25) is 4.79 Å². The number of rotatable bonds is 4. The van der Waals surface area contributed by atoms with E-state index < -0.39 is 5.82 Å². The maximum atomic E-state index is 13.1. The second-order valence-corrected chi connectivity index (χ2v) is 7.17. The molecule has 1 unspecified atom stereocenters. The van der Waals surface area contributed by atoms with Crippen LogP contribution in [0, 0.1) is 11.2 Å². The first-order chi connectivity index (χ1) is 8.69. The Morgan fingerprint density at radius 2 is 2.11 bits per heavy atom. The Hall–Kier alpha value is -0.610. The zero-order chi connectivity index (χ0) is 14.6. The topological polar surface area (TPSA) is 29.1 Å². The van der Waals surface area contributed by atoms with Crippen LogP contribution in [0.3, 0.4) is 0 Å². The summed E-state index contributed by atoms with van der Waals surface area (Å²) < 4.78 is 13.7. The fraction of sp³-hybridized carbons (Fsp3) is 0.500. The molecule has 0 fully saturated rings. The van der Waals surface area contributed by atoms with E-state index in [2.05, 4.69) is 42.0 Å². The van der Waals surface area contributed by atoms with Gasteiger partial charge in [0.1, 0.15) is 5.82 Å². The van der Waals surface area contributed by atoms with Crippen molar-refractivity contribution >= 4 is 33.4 Å². The van der Waals surface area contributed by atoms with Crippen LogP contribution in [0.1, 0.15) is 37.6 Å². The maximum absolute atomic E-state index is 13.1. The summed E-state index contributed by atoms with van der Waals surface area (Å²) in [5, 5.41) is 2.58. The summed E-state index contributed by atoms with van der Waals surface area (Å²) >= 11 is 9.39. The van der Waals surface area contributed by atoms with Crippen LogP contribution in [-0.4, -0.2) is 17.8 Å². The molecule has 19 heavy (non-hydrogen) atoms. The van der Waals surface area contributed by atoms with Gasteiger partial charge in [-0.05, 0) is 46.0 Å². The molecule has 0 aromatic heterocycles. The predicted octanol–water partition coefficient (Wildman–Crippen LogP) is 4.36. The molecule has 0 bridgehead atoms. The van der Waals surface area contributed by atoms with Gasteiger partial charge in [0.15, 0.2) is 0 Å². The lowest BCUT2D eigenvalue weighted by Gasteiger charge is -2.22. The first-order valence-corrected chi connectivity index (χ1v) is 7.29. The minimum absolute atomic E-state index is 0.108. The van der Waals surface area contributed by atoms with Crippen LogP contribution < -0.4 is 5.32 Å². The Morgan fingerprint density at radius 1 is 1.47 bits per heavy atom. The van der Waals surface area contributed by atoms with Crippen LogP contribution in [0.5, 0.6) is 0 Å². The van der Waals surface area contributed by atoms with E-state index in [-0.39, 0.29) is 22.3 Å². The van der Waals surface area contributed by atoms with Crippen molar-refractivity contribution < 1.29 is 9.18 Å². The van der Waals surface area contributed by atoms with Gasteiger partial charge in [0.05, 0.1) is 10.9 Å². The lowest BCUT2D eigenvalue weighted by Crippen LogP contribution is -2.31. The van der Waals surface area contributed by atoms with Crippen molar-refractivity contribution in [2.24, 2.45) is 5.41 Å². The molecule has 0 spiro atoms. The number of carbonyl (C=O) groups is 1. The standard InChI is InChI=1S/C14H18BrClFNO/c1-14(2,3)7-9(16)8-18-13(19)11-6-10(17)4-5-12(11)15/h4-6,9H,7-8H2,1-3H3,(H,18,19). The van der Waals surface area contributed by atoms with Crippen molar-refractivity contribution in [3.8, 4) is 0 Å². The molecule has 1 atom stereocenters. The smallest absolute Gasteiger partial charge is 0.252 e. The lowest BCUT2D eigenvalue weighted by molar-refractivity contribution is 0.0950. The molecule has 1 N–H and O–H groups in total. The second-order valence-electron chi connectivity index (χ2n) is 5.70. The molecule has 0 aliphatic rings. The molecule has 0 heterocycles. The Balaban J connectivity index is 2.58. The first-order valence-electron chi connectivity index (χ1n) is 6.06. The van der Waals surface area contributed by atoms with Crippen LogP contribution in [0.15, 0.2) is 22.7 Å². The van der Waals surface area contributed by atoms with E-state index in [9.17, 15) is 9.18 Å². The van der Waals surface area contributed by atoms with Crippen LogP contribution in [0.2, 0.25) is 0 Å². The Kier molecular flexibility index (Phi) is 5.81. The van der Waals surface area contributed by atoms with Crippen molar-refractivity contribution in [3.63, 3.8) is 0 Å². The average Bonchev–Trinajstić information content (AvgIpc) is 2.27. The summed E-state index contributed by atoms with van der Waals surface area (Å²) in [7, 11) is 0. The summed E-state index contributed by atoms with van der Waals surface area (Å²) in [5.41, 5.74) is 0.385. The highest BCUT2D eigenvalue weighted by Crippen LogP contribution is 2.23. The Bertz CT molecular complexity index is 459. The highest BCUT2D eigenvalue weighted by atomic mass is 79.9. The van der Waals surface area contributed by atoms with E-state index in [1.54, 1.807) is 0 Å². The normalized spacial score (nSPS) is 13.2. The van der Waals surface area contributed by atoms with Gasteiger partial charge in [-0.15, -0.1) is 11.6 Å². The zero-order valence-electron chi connectivity index (χ0n) is 11.3. The van der Waals surface area contributed by atoms with Gasteiger partial charge in [0.25, 0.3) is 5.91 Å². The van der Waals surface area contributed by atoms with E-state index in [0.717, 1.165) is 6.42 Å². The Labute approximate surface area is 126 Å². The molecule has 0 saturated carbocycles. The first kappa shape index (κ1) is 16.4. The molecule has 106 valence electrons. The van der Waals surface area contributed by atoms with E-state index in [1.807, 2.05) is 0 Å². The van der Waals surface area contributed by atoms with E-state index in [1.165, 1.54) is 18.2 Å². The average molecular weight is 351 g/mol. The fourth-order valence-corrected chi connectivity index (χ4v) is 2.67. The molecule has 0 radical (unpaired) electrons. The van der Waals surface area contributed by atoms with Crippen molar-refractivity contribution in [1.82, 2.24) is 5.32 Å². The minimum Gasteiger partial charge on any atom is -0.351 e. The summed E-state index contributed by atoms with van der Waals surface area (Å²) in [6, 6.07) is 4.01. The van der Waals surface area contributed by atoms with Crippen molar-refractivity contribution in [1.29, 1.82) is 0 Å². The molecule has 0 saturated heterocycles. The van der Waals surface area contributed by atoms with Crippen LogP contribution >= 0.6 is 27.5 Å². The van der Waals surface area contributed by atoms with Crippen LogP contribution in [0.4, 0.5) is 4.39 Å². The van der Waals surface area contributed by atoms with E-state index in [4.69, 9.17) is 11.6 Å². The maximum Gasteiger partial charge on any atom is 0.252 e. The highest BCUT2D eigenvalue weighted by molar-refractivity contribution is 9.10. The third-order valence-electron chi connectivity index (χ3n) is 2.49. The van der Waals surface area contributed by atoms with Crippen molar-refractivity contribution in [2.75, 3.05) is 6.54 Å². The summed E-state index contributed by atoms with van der Waals surface area (Å²) in [5.74, 6) is -0.767. The summed E-state index contributed by atoms with van der Waals surface area (Å²) in [4.78, 5) is 11.9. The molecular weight excluding hydrogens is 333 g/mol. The summed E-state index contributed by atoms with van der Waals surface area (Å²) in [6.45, 7) is 6.63. The van der Waals surface area contributed by atoms with Gasteiger partial charge in [-0.2, -0.15) is 0 Å². The molecule has 1 rings (SSSR count). The quantitative estimate of drug-likeness (QED) is 0.803. The highest BCUT2D eigenvalue weighted by Gasteiger charge is 2.18. The van der Waals surface area contributed by atoms with Gasteiger partial charge < -0.3 is 5.32 Å². The van der Waals surface area contributed by atoms with Crippen LogP contribution in [-0.2, 0) is 0 Å². The second kappa shape index (κ2) is 6.71. The van der Waals surface area contributed by atoms with E-state index in [0.29, 0.717) is 11.0 Å². The van der Waals surface area contributed by atoms with Crippen LogP contribution in [0.25, 0.3) is 0 Å².